The number of nitrogens with zero attached hydrogens (tertiary/aromatic N) is 1. The van der Waals surface area contributed by atoms with E-state index in [9.17, 15) is 4.79 Å². The van der Waals surface area contributed by atoms with Gasteiger partial charge in [0.15, 0.2) is 0 Å². The molecule has 0 aromatic heterocycles. The summed E-state index contributed by atoms with van der Waals surface area (Å²) >= 11 is 0. The lowest BCUT2D eigenvalue weighted by Gasteiger charge is -2.50. The molecule has 20 heavy (non-hydrogen) atoms. The van der Waals surface area contributed by atoms with E-state index in [1.54, 1.807) is 0 Å². The fraction of sp³-hybridized carbons (Fsp3) is 0.235. The second-order valence-corrected chi connectivity index (χ2v) is 5.33. The number of hydrogen-bond acceptors (Lipinski definition) is 2. The molecule has 1 saturated heterocycles. The molecule has 1 heterocycles. The van der Waals surface area contributed by atoms with Crippen molar-refractivity contribution in [1.29, 1.82) is 0 Å². The first kappa shape index (κ1) is 12.9. The van der Waals surface area contributed by atoms with Gasteiger partial charge in [-0.15, -0.1) is 0 Å². The van der Waals surface area contributed by atoms with Gasteiger partial charge >= 0.3 is 0 Å². The Balaban J connectivity index is 2.11. The quantitative estimate of drug-likeness (QED) is 0.926. The van der Waals surface area contributed by atoms with Crippen LogP contribution in [0.15, 0.2) is 60.7 Å². The minimum absolute atomic E-state index is 0.0723. The van der Waals surface area contributed by atoms with Crippen LogP contribution in [0.2, 0.25) is 0 Å². The number of carbonyl (C=O) groups excluding carboxylic acids is 1. The Hall–Kier alpha value is -2.13. The van der Waals surface area contributed by atoms with E-state index in [4.69, 9.17) is 0 Å². The molecule has 102 valence electrons. The minimum Gasteiger partial charge on any atom is -0.286 e. The Labute approximate surface area is 119 Å². The molecule has 1 aliphatic rings. The summed E-state index contributed by atoms with van der Waals surface area (Å²) in [6, 6.07) is 20.4. The molecule has 1 amide bonds. The highest BCUT2D eigenvalue weighted by atomic mass is 16.2. The van der Waals surface area contributed by atoms with Gasteiger partial charge in [-0.3, -0.25) is 10.2 Å². The zero-order valence-corrected chi connectivity index (χ0v) is 11.7. The molecule has 0 aliphatic carbocycles. The highest BCUT2D eigenvalue weighted by Gasteiger charge is 2.47. The van der Waals surface area contributed by atoms with E-state index in [1.807, 2.05) is 48.3 Å². The van der Waals surface area contributed by atoms with Gasteiger partial charge in [0.1, 0.15) is 6.04 Å². The Morgan fingerprint density at radius 1 is 0.950 bits per heavy atom. The monoisotopic (exact) mass is 266 g/mol. The van der Waals surface area contributed by atoms with Gasteiger partial charge in [0.25, 0.3) is 5.91 Å². The van der Waals surface area contributed by atoms with Crippen molar-refractivity contribution >= 4 is 5.91 Å². The van der Waals surface area contributed by atoms with Crippen molar-refractivity contribution in [2.45, 2.75) is 25.4 Å². The summed E-state index contributed by atoms with van der Waals surface area (Å²) in [6.45, 7) is 4.08. The summed E-state index contributed by atoms with van der Waals surface area (Å²) in [5, 5.41) is 2.03. The smallest absolute Gasteiger partial charge is 0.253 e. The molecule has 1 atom stereocenters. The number of benzene rings is 2. The zero-order valence-electron chi connectivity index (χ0n) is 11.7. The lowest BCUT2D eigenvalue weighted by Crippen LogP contribution is -2.71. The Morgan fingerprint density at radius 3 is 1.75 bits per heavy atom. The third kappa shape index (κ3) is 1.82. The van der Waals surface area contributed by atoms with Gasteiger partial charge in [-0.2, -0.15) is 5.01 Å². The Kier molecular flexibility index (Phi) is 3.07. The predicted molar refractivity (Wildman–Crippen MR) is 78.8 cm³/mol. The molecular weight excluding hydrogens is 248 g/mol. The van der Waals surface area contributed by atoms with Crippen molar-refractivity contribution < 1.29 is 4.79 Å². The van der Waals surface area contributed by atoms with Crippen molar-refractivity contribution in [3.63, 3.8) is 0 Å². The van der Waals surface area contributed by atoms with Crippen LogP contribution in [0, 0.1) is 0 Å². The number of hydrazine groups is 1. The lowest BCUT2D eigenvalue weighted by molar-refractivity contribution is -0.156. The molecule has 1 unspecified atom stereocenters. The third-order valence-corrected chi connectivity index (χ3v) is 4.15. The molecule has 2 aromatic rings. The zero-order chi connectivity index (χ0) is 14.2. The molecule has 0 spiro atoms. The van der Waals surface area contributed by atoms with Gasteiger partial charge in [-0.05, 0) is 25.0 Å². The molecule has 0 radical (unpaired) electrons. The van der Waals surface area contributed by atoms with Crippen molar-refractivity contribution in [2.75, 3.05) is 0 Å². The van der Waals surface area contributed by atoms with E-state index < -0.39 is 0 Å². The fourth-order valence-corrected chi connectivity index (χ4v) is 2.83. The van der Waals surface area contributed by atoms with Gasteiger partial charge in [0.2, 0.25) is 0 Å². The summed E-state index contributed by atoms with van der Waals surface area (Å²) in [5.41, 5.74) is 4.89. The highest BCUT2D eigenvalue weighted by molar-refractivity contribution is 5.86. The van der Waals surface area contributed by atoms with Crippen LogP contribution in [0.3, 0.4) is 0 Å². The van der Waals surface area contributed by atoms with Crippen LogP contribution in [-0.4, -0.2) is 17.0 Å². The van der Waals surface area contributed by atoms with Gasteiger partial charge < -0.3 is 0 Å². The van der Waals surface area contributed by atoms with E-state index >= 15 is 0 Å². The number of rotatable bonds is 3. The molecular formula is C17H18N2O. The predicted octanol–water partition coefficient (Wildman–Crippen LogP) is 2.69. The van der Waals surface area contributed by atoms with E-state index in [1.165, 1.54) is 0 Å². The van der Waals surface area contributed by atoms with Crippen LogP contribution in [0.4, 0.5) is 0 Å². The van der Waals surface area contributed by atoms with Crippen molar-refractivity contribution in [2.24, 2.45) is 0 Å². The van der Waals surface area contributed by atoms with E-state index in [2.05, 4.69) is 36.6 Å². The normalized spacial score (nSPS) is 19.3. The maximum Gasteiger partial charge on any atom is 0.253 e. The second kappa shape index (κ2) is 4.76. The molecule has 0 bridgehead atoms. The maximum absolute atomic E-state index is 11.6. The first-order valence-electron chi connectivity index (χ1n) is 6.85. The standard InChI is InChI=1S/C17H18N2O/c1-13-16(20)18-19(13)17(2,14-9-5-3-6-10-14)15-11-7-4-8-12-15/h3-13H,1-2H3,(H,18,20). The van der Waals surface area contributed by atoms with Crippen molar-refractivity contribution in [3.05, 3.63) is 71.8 Å². The molecule has 0 saturated carbocycles. The first-order valence-corrected chi connectivity index (χ1v) is 6.85. The van der Waals surface area contributed by atoms with Crippen LogP contribution in [-0.2, 0) is 10.3 Å². The lowest BCUT2D eigenvalue weighted by atomic mass is 9.82. The summed E-state index contributed by atoms with van der Waals surface area (Å²) in [4.78, 5) is 11.6. The minimum atomic E-state index is -0.365. The van der Waals surface area contributed by atoms with Gasteiger partial charge in [-0.1, -0.05) is 60.7 Å². The van der Waals surface area contributed by atoms with E-state index in [0.29, 0.717) is 0 Å². The van der Waals surface area contributed by atoms with Crippen molar-refractivity contribution in [3.8, 4) is 0 Å². The number of nitrogens with one attached hydrogen (secondary N) is 1. The fourth-order valence-electron chi connectivity index (χ4n) is 2.83. The van der Waals surface area contributed by atoms with E-state index in [0.717, 1.165) is 11.1 Å². The highest BCUT2D eigenvalue weighted by Crippen LogP contribution is 2.38. The van der Waals surface area contributed by atoms with Crippen LogP contribution in [0.1, 0.15) is 25.0 Å². The van der Waals surface area contributed by atoms with Gasteiger partial charge in [0, 0.05) is 0 Å². The first-order chi connectivity index (χ1) is 9.64. The topological polar surface area (TPSA) is 32.3 Å². The molecule has 1 fully saturated rings. The number of hydrogen-bond donors (Lipinski definition) is 1. The molecule has 3 rings (SSSR count). The van der Waals surface area contributed by atoms with Crippen molar-refractivity contribution in [1.82, 2.24) is 10.4 Å². The maximum atomic E-state index is 11.6. The molecule has 3 nitrogen and oxygen atoms in total. The average molecular weight is 266 g/mol. The SMILES string of the molecule is CC1C(=O)NN1C(C)(c1ccccc1)c1ccccc1. The van der Waals surface area contributed by atoms with Gasteiger partial charge in [0.05, 0.1) is 5.54 Å². The molecule has 3 heteroatoms. The molecule has 2 aromatic carbocycles. The summed E-state index contributed by atoms with van der Waals surface area (Å²) < 4.78 is 0. The Morgan fingerprint density at radius 2 is 1.40 bits per heavy atom. The van der Waals surface area contributed by atoms with Gasteiger partial charge in [-0.25, -0.2) is 0 Å². The largest absolute Gasteiger partial charge is 0.286 e. The third-order valence-electron chi connectivity index (χ3n) is 4.15. The van der Waals surface area contributed by atoms with Crippen LogP contribution >= 0.6 is 0 Å². The average Bonchev–Trinajstić information content (AvgIpc) is 2.53. The Bertz CT molecular complexity index is 570. The summed E-state index contributed by atoms with van der Waals surface area (Å²) in [7, 11) is 0. The second-order valence-electron chi connectivity index (χ2n) is 5.33. The summed E-state index contributed by atoms with van der Waals surface area (Å²) in [6.07, 6.45) is 0. The van der Waals surface area contributed by atoms with Crippen LogP contribution in [0.25, 0.3) is 0 Å². The van der Waals surface area contributed by atoms with Crippen LogP contribution < -0.4 is 5.43 Å². The molecule has 1 N–H and O–H groups in total. The molecule has 1 aliphatic heterocycles. The number of amides is 1. The van der Waals surface area contributed by atoms with Crippen LogP contribution in [0.5, 0.6) is 0 Å². The van der Waals surface area contributed by atoms with E-state index in [-0.39, 0.29) is 17.5 Å². The number of carbonyl (C=O) groups is 1. The summed E-state index contributed by atoms with van der Waals surface area (Å²) in [5.74, 6) is 0.0723.